The van der Waals surface area contributed by atoms with Gasteiger partial charge in [-0.25, -0.2) is 14.8 Å². The number of alkyl carbamates (subject to hydrolysis) is 1. The largest absolute Gasteiger partial charge is 0.477 e. The van der Waals surface area contributed by atoms with E-state index in [2.05, 4.69) is 32.9 Å². The van der Waals surface area contributed by atoms with E-state index in [1.54, 1.807) is 6.20 Å². The van der Waals surface area contributed by atoms with Gasteiger partial charge in [0.15, 0.2) is 5.96 Å². The maximum Gasteiger partial charge on any atom is 0.407 e. The average Bonchev–Trinajstić information content (AvgIpc) is 2.63. The minimum Gasteiger partial charge on any atom is -0.477 e. The molecule has 0 aliphatic carbocycles. The minimum atomic E-state index is -0.487. The highest BCUT2D eigenvalue weighted by Gasteiger charge is 2.15. The van der Waals surface area contributed by atoms with Gasteiger partial charge in [-0.15, -0.1) is 24.0 Å². The second-order valence-corrected chi connectivity index (χ2v) is 7.22. The van der Waals surface area contributed by atoms with Crippen molar-refractivity contribution in [2.75, 3.05) is 26.2 Å². The topological polar surface area (TPSA) is 96.9 Å². The SMILES string of the molecule is CCCOc1ncccc1CN=C(NCC)NCCCNC(=O)OC(C)(C)C.I. The Balaban J connectivity index is 0.00000784. The molecule has 1 aromatic heterocycles. The lowest BCUT2D eigenvalue weighted by Gasteiger charge is -2.19. The summed E-state index contributed by atoms with van der Waals surface area (Å²) in [6.45, 7) is 12.7. The third kappa shape index (κ3) is 13.1. The number of hydrogen-bond acceptors (Lipinski definition) is 5. The van der Waals surface area contributed by atoms with Gasteiger partial charge in [0.2, 0.25) is 5.88 Å². The number of carbonyl (C=O) groups excluding carboxylic acids is 1. The van der Waals surface area contributed by atoms with E-state index < -0.39 is 11.7 Å². The monoisotopic (exact) mass is 521 g/mol. The summed E-state index contributed by atoms with van der Waals surface area (Å²) in [5.74, 6) is 1.34. The fourth-order valence-electron chi connectivity index (χ4n) is 2.18. The summed E-state index contributed by atoms with van der Waals surface area (Å²) in [6.07, 6.45) is 3.01. The lowest BCUT2D eigenvalue weighted by Crippen LogP contribution is -2.39. The summed E-state index contributed by atoms with van der Waals surface area (Å²) in [5.41, 5.74) is 0.457. The van der Waals surface area contributed by atoms with Crippen LogP contribution in [-0.4, -0.2) is 48.9 Å². The summed E-state index contributed by atoms with van der Waals surface area (Å²) < 4.78 is 10.9. The molecule has 0 saturated heterocycles. The maximum absolute atomic E-state index is 11.6. The molecule has 1 heterocycles. The van der Waals surface area contributed by atoms with Gasteiger partial charge >= 0.3 is 6.09 Å². The molecular weight excluding hydrogens is 485 g/mol. The Morgan fingerprint density at radius 3 is 2.55 bits per heavy atom. The van der Waals surface area contributed by atoms with Gasteiger partial charge in [0, 0.05) is 31.4 Å². The van der Waals surface area contributed by atoms with Crippen LogP contribution in [0.25, 0.3) is 0 Å². The summed E-state index contributed by atoms with van der Waals surface area (Å²) in [7, 11) is 0. The zero-order valence-electron chi connectivity index (χ0n) is 18.2. The lowest BCUT2D eigenvalue weighted by molar-refractivity contribution is 0.0527. The third-order valence-corrected chi connectivity index (χ3v) is 3.36. The van der Waals surface area contributed by atoms with Crippen LogP contribution in [0.4, 0.5) is 4.79 Å². The van der Waals surface area contributed by atoms with Crippen molar-refractivity contribution in [3.63, 3.8) is 0 Å². The van der Waals surface area contributed by atoms with Crippen molar-refractivity contribution < 1.29 is 14.3 Å². The number of rotatable bonds is 10. The molecule has 1 rings (SSSR count). The van der Waals surface area contributed by atoms with Crippen LogP contribution >= 0.6 is 24.0 Å². The highest BCUT2D eigenvalue weighted by Crippen LogP contribution is 2.15. The van der Waals surface area contributed by atoms with Crippen LogP contribution in [0.2, 0.25) is 0 Å². The van der Waals surface area contributed by atoms with Crippen molar-refractivity contribution in [2.24, 2.45) is 4.99 Å². The first-order valence-electron chi connectivity index (χ1n) is 9.91. The molecule has 29 heavy (non-hydrogen) atoms. The molecule has 0 radical (unpaired) electrons. The van der Waals surface area contributed by atoms with Gasteiger partial charge in [0.05, 0.1) is 13.2 Å². The van der Waals surface area contributed by atoms with Crippen LogP contribution in [0.3, 0.4) is 0 Å². The molecule has 3 N–H and O–H groups in total. The molecule has 0 spiro atoms. The molecule has 0 atom stereocenters. The Labute approximate surface area is 191 Å². The zero-order chi connectivity index (χ0) is 20.8. The fourth-order valence-corrected chi connectivity index (χ4v) is 2.18. The normalized spacial score (nSPS) is 11.3. The quantitative estimate of drug-likeness (QED) is 0.189. The number of aliphatic imine (C=N–C) groups is 1. The Morgan fingerprint density at radius 2 is 1.90 bits per heavy atom. The maximum atomic E-state index is 11.6. The molecule has 0 aromatic carbocycles. The van der Waals surface area contributed by atoms with Crippen molar-refractivity contribution in [2.45, 2.75) is 59.6 Å². The van der Waals surface area contributed by atoms with Gasteiger partial charge < -0.3 is 25.4 Å². The molecule has 0 unspecified atom stereocenters. The molecule has 0 aliphatic rings. The predicted octanol–water partition coefficient (Wildman–Crippen LogP) is 3.46. The third-order valence-electron chi connectivity index (χ3n) is 3.36. The molecule has 9 heteroatoms. The standard InChI is InChI=1S/C20H35N5O3.HI/c1-6-14-27-17-16(10-8-11-22-17)15-25-18(21-7-2)23-12-9-13-24-19(26)28-20(3,4)5;/h8,10-11H,6-7,9,12-15H2,1-5H3,(H,24,26)(H2,21,23,25);1H. The minimum absolute atomic E-state index is 0. The van der Waals surface area contributed by atoms with Gasteiger partial charge in [-0.1, -0.05) is 13.0 Å². The van der Waals surface area contributed by atoms with Crippen LogP contribution in [0.1, 0.15) is 53.0 Å². The van der Waals surface area contributed by atoms with E-state index in [0.717, 1.165) is 24.9 Å². The van der Waals surface area contributed by atoms with Crippen molar-refractivity contribution in [1.29, 1.82) is 0 Å². The number of halogens is 1. The molecule has 1 amide bonds. The first kappa shape index (κ1) is 27.2. The van der Waals surface area contributed by atoms with E-state index in [9.17, 15) is 4.79 Å². The summed E-state index contributed by atoms with van der Waals surface area (Å²) in [4.78, 5) is 20.5. The molecule has 8 nitrogen and oxygen atoms in total. The van der Waals surface area contributed by atoms with E-state index in [4.69, 9.17) is 9.47 Å². The molecule has 0 fully saturated rings. The smallest absolute Gasteiger partial charge is 0.407 e. The number of amides is 1. The number of carbonyl (C=O) groups is 1. The molecular formula is C20H36IN5O3. The van der Waals surface area contributed by atoms with Gasteiger partial charge in [0.1, 0.15) is 5.60 Å². The summed E-state index contributed by atoms with van der Waals surface area (Å²) in [6, 6.07) is 3.85. The van der Waals surface area contributed by atoms with Gasteiger partial charge in [-0.3, -0.25) is 0 Å². The van der Waals surface area contributed by atoms with E-state index in [0.29, 0.717) is 38.1 Å². The van der Waals surface area contributed by atoms with Crippen molar-refractivity contribution in [3.8, 4) is 5.88 Å². The van der Waals surface area contributed by atoms with Crippen LogP contribution in [0.15, 0.2) is 23.3 Å². The average molecular weight is 521 g/mol. The second-order valence-electron chi connectivity index (χ2n) is 7.22. The van der Waals surface area contributed by atoms with Crippen molar-refractivity contribution >= 4 is 36.0 Å². The first-order valence-corrected chi connectivity index (χ1v) is 9.91. The van der Waals surface area contributed by atoms with Crippen molar-refractivity contribution in [1.82, 2.24) is 20.9 Å². The summed E-state index contributed by atoms with van der Waals surface area (Å²) in [5, 5.41) is 9.22. The van der Waals surface area contributed by atoms with Crippen LogP contribution in [0, 0.1) is 0 Å². The Kier molecular flexibility index (Phi) is 14.2. The highest BCUT2D eigenvalue weighted by atomic mass is 127. The van der Waals surface area contributed by atoms with E-state index >= 15 is 0 Å². The number of nitrogens with zero attached hydrogens (tertiary/aromatic N) is 2. The van der Waals surface area contributed by atoms with Gasteiger partial charge in [-0.2, -0.15) is 0 Å². The Morgan fingerprint density at radius 1 is 1.17 bits per heavy atom. The number of guanidine groups is 1. The van der Waals surface area contributed by atoms with Crippen molar-refractivity contribution in [3.05, 3.63) is 23.9 Å². The molecule has 166 valence electrons. The van der Waals surface area contributed by atoms with Crippen LogP contribution in [0.5, 0.6) is 5.88 Å². The molecule has 0 bridgehead atoms. The lowest BCUT2D eigenvalue weighted by atomic mass is 10.2. The van der Waals surface area contributed by atoms with E-state index in [-0.39, 0.29) is 24.0 Å². The van der Waals surface area contributed by atoms with Crippen LogP contribution in [-0.2, 0) is 11.3 Å². The van der Waals surface area contributed by atoms with Crippen LogP contribution < -0.4 is 20.7 Å². The number of hydrogen-bond donors (Lipinski definition) is 3. The molecule has 0 aliphatic heterocycles. The molecule has 0 saturated carbocycles. The first-order chi connectivity index (χ1) is 13.4. The van der Waals surface area contributed by atoms with E-state index in [1.807, 2.05) is 39.8 Å². The second kappa shape index (κ2) is 15.1. The fraction of sp³-hybridized carbons (Fsp3) is 0.650. The number of aromatic nitrogens is 1. The van der Waals surface area contributed by atoms with Gasteiger partial charge in [-0.05, 0) is 46.6 Å². The molecule has 1 aromatic rings. The van der Waals surface area contributed by atoms with E-state index in [1.165, 1.54) is 0 Å². The Hall–Kier alpha value is -1.78. The number of nitrogens with one attached hydrogen (secondary N) is 3. The zero-order valence-corrected chi connectivity index (χ0v) is 20.5. The number of pyridine rings is 1. The predicted molar refractivity (Wildman–Crippen MR) is 127 cm³/mol. The highest BCUT2D eigenvalue weighted by molar-refractivity contribution is 14.0. The summed E-state index contributed by atoms with van der Waals surface area (Å²) >= 11 is 0. The Bertz CT molecular complexity index is 620. The number of ether oxygens (including phenoxy) is 2. The van der Waals surface area contributed by atoms with Gasteiger partial charge in [0.25, 0.3) is 0 Å².